The predicted molar refractivity (Wildman–Crippen MR) is 55.9 cm³/mol. The zero-order chi connectivity index (χ0) is 10.2. The van der Waals surface area contributed by atoms with Gasteiger partial charge in [-0.25, -0.2) is 0 Å². The Bertz CT molecular complexity index is 363. The fraction of sp³-hybridized carbons (Fsp3) is 0.400. The summed E-state index contributed by atoms with van der Waals surface area (Å²) in [5.74, 6) is -0.306. The van der Waals surface area contributed by atoms with E-state index in [-0.39, 0.29) is 5.92 Å². The molecule has 1 aromatic heterocycles. The third kappa shape index (κ3) is 1.64. The van der Waals surface area contributed by atoms with Crippen molar-refractivity contribution < 1.29 is 4.79 Å². The van der Waals surface area contributed by atoms with E-state index in [0.717, 1.165) is 24.7 Å². The van der Waals surface area contributed by atoms with Gasteiger partial charge >= 0.3 is 0 Å². The van der Waals surface area contributed by atoms with E-state index in [1.165, 1.54) is 6.20 Å². The molecule has 0 aliphatic heterocycles. The van der Waals surface area contributed by atoms with Gasteiger partial charge in [-0.3, -0.25) is 4.98 Å². The summed E-state index contributed by atoms with van der Waals surface area (Å²) in [5.41, 5.74) is 0.782. The summed E-state index contributed by atoms with van der Waals surface area (Å²) in [6.45, 7) is 0. The first-order valence-electron chi connectivity index (χ1n) is 4.41. The molecule has 4 heteroatoms. The Morgan fingerprint density at radius 2 is 2.29 bits per heavy atom. The third-order valence-electron chi connectivity index (χ3n) is 2.56. The lowest BCUT2D eigenvalue weighted by atomic mass is 9.96. The quantitative estimate of drug-likeness (QED) is 0.590. The minimum Gasteiger partial charge on any atom is -0.303 e. The molecule has 1 atom stereocenters. The number of aldehydes is 1. The van der Waals surface area contributed by atoms with E-state index in [1.54, 1.807) is 12.3 Å². The Hall–Kier alpha value is -0.600. The normalized spacial score (nSPS) is 20.1. The highest BCUT2D eigenvalue weighted by atomic mass is 35.5. The second kappa shape index (κ2) is 3.52. The number of alkyl halides is 1. The van der Waals surface area contributed by atoms with Crippen molar-refractivity contribution in [2.75, 3.05) is 0 Å². The lowest BCUT2D eigenvalue weighted by Crippen LogP contribution is -2.15. The fourth-order valence-electron chi connectivity index (χ4n) is 1.54. The van der Waals surface area contributed by atoms with E-state index in [0.29, 0.717) is 5.02 Å². The molecule has 74 valence electrons. The minimum atomic E-state index is -0.396. The largest absolute Gasteiger partial charge is 0.303 e. The molecule has 1 aromatic rings. The second-order valence-corrected chi connectivity index (χ2v) is 4.71. The predicted octanol–water partition coefficient (Wildman–Crippen LogP) is 2.79. The van der Waals surface area contributed by atoms with Crippen LogP contribution in [0.25, 0.3) is 0 Å². The van der Waals surface area contributed by atoms with Crippen molar-refractivity contribution in [2.45, 2.75) is 23.6 Å². The monoisotopic (exact) mass is 229 g/mol. The summed E-state index contributed by atoms with van der Waals surface area (Å²) in [5, 5.41) is 0.511. The molecule has 0 amide bonds. The molecule has 0 bridgehead atoms. The van der Waals surface area contributed by atoms with E-state index in [4.69, 9.17) is 23.2 Å². The Balaban J connectivity index is 2.37. The van der Waals surface area contributed by atoms with Crippen LogP contribution in [0.4, 0.5) is 0 Å². The van der Waals surface area contributed by atoms with Crippen molar-refractivity contribution in [2.24, 2.45) is 0 Å². The second-order valence-electron chi connectivity index (χ2n) is 3.55. The molecule has 0 spiro atoms. The van der Waals surface area contributed by atoms with Gasteiger partial charge in [0.15, 0.2) is 0 Å². The molecule has 1 aliphatic carbocycles. The number of carbonyl (C=O) groups is 1. The molecule has 0 aromatic carbocycles. The zero-order valence-electron chi connectivity index (χ0n) is 7.41. The number of hydrogen-bond acceptors (Lipinski definition) is 2. The van der Waals surface area contributed by atoms with E-state index in [1.807, 2.05) is 0 Å². The van der Waals surface area contributed by atoms with Gasteiger partial charge in [0, 0.05) is 12.4 Å². The molecule has 0 N–H and O–H groups in total. The van der Waals surface area contributed by atoms with Gasteiger partial charge in [0.2, 0.25) is 0 Å². The van der Waals surface area contributed by atoms with Crippen molar-refractivity contribution in [3.63, 3.8) is 0 Å². The van der Waals surface area contributed by atoms with Gasteiger partial charge in [-0.05, 0) is 24.5 Å². The standard InChI is InChI=1S/C10H9Cl2NO/c11-9-5-13-4-1-7(9)8(6-14)10(12)2-3-10/h1,4-6,8H,2-3H2. The molecular weight excluding hydrogens is 221 g/mol. The van der Waals surface area contributed by atoms with E-state index < -0.39 is 4.87 Å². The first-order valence-corrected chi connectivity index (χ1v) is 5.16. The fourth-order valence-corrected chi connectivity index (χ4v) is 2.04. The number of hydrogen-bond donors (Lipinski definition) is 0. The Kier molecular flexibility index (Phi) is 2.50. The first-order chi connectivity index (χ1) is 6.67. The van der Waals surface area contributed by atoms with Crippen LogP contribution in [0.1, 0.15) is 24.3 Å². The average Bonchev–Trinajstić information content (AvgIpc) is 2.89. The van der Waals surface area contributed by atoms with Crippen molar-refractivity contribution in [3.05, 3.63) is 29.0 Å². The van der Waals surface area contributed by atoms with Gasteiger partial charge in [0.1, 0.15) is 6.29 Å². The van der Waals surface area contributed by atoms with E-state index in [2.05, 4.69) is 4.98 Å². The third-order valence-corrected chi connectivity index (χ3v) is 3.49. The Labute approximate surface area is 92.2 Å². The lowest BCUT2D eigenvalue weighted by molar-refractivity contribution is -0.109. The van der Waals surface area contributed by atoms with Crippen LogP contribution in [0.15, 0.2) is 18.5 Å². The summed E-state index contributed by atoms with van der Waals surface area (Å²) in [6.07, 6.45) is 5.78. The maximum atomic E-state index is 11.0. The van der Waals surface area contributed by atoms with Crippen molar-refractivity contribution >= 4 is 29.5 Å². The summed E-state index contributed by atoms with van der Waals surface area (Å²) in [4.78, 5) is 14.5. The van der Waals surface area contributed by atoms with E-state index in [9.17, 15) is 4.79 Å². The molecule has 1 aliphatic rings. The first kappa shape index (κ1) is 9.94. The minimum absolute atomic E-state index is 0.306. The number of halogens is 2. The van der Waals surface area contributed by atoms with Crippen LogP contribution in [0, 0.1) is 0 Å². The molecular formula is C10H9Cl2NO. The Morgan fingerprint density at radius 3 is 2.79 bits per heavy atom. The zero-order valence-corrected chi connectivity index (χ0v) is 8.92. The van der Waals surface area contributed by atoms with Gasteiger partial charge in [0.25, 0.3) is 0 Å². The van der Waals surface area contributed by atoms with Gasteiger partial charge in [0.05, 0.1) is 15.8 Å². The van der Waals surface area contributed by atoms with Crippen LogP contribution < -0.4 is 0 Å². The van der Waals surface area contributed by atoms with Gasteiger partial charge < -0.3 is 4.79 Å². The van der Waals surface area contributed by atoms with Crippen LogP contribution >= 0.6 is 23.2 Å². The molecule has 2 nitrogen and oxygen atoms in total. The molecule has 2 rings (SSSR count). The molecule has 1 saturated carbocycles. The van der Waals surface area contributed by atoms with Crippen LogP contribution in [0.3, 0.4) is 0 Å². The summed E-state index contributed by atoms with van der Waals surface area (Å²) < 4.78 is 0. The molecule has 1 fully saturated rings. The maximum absolute atomic E-state index is 11.0. The number of rotatable bonds is 3. The number of pyridine rings is 1. The van der Waals surface area contributed by atoms with Crippen molar-refractivity contribution in [3.8, 4) is 0 Å². The van der Waals surface area contributed by atoms with Gasteiger partial charge in [-0.1, -0.05) is 11.6 Å². The van der Waals surface area contributed by atoms with Crippen molar-refractivity contribution in [1.29, 1.82) is 0 Å². The summed E-state index contributed by atoms with van der Waals surface area (Å²) in [7, 11) is 0. The SMILES string of the molecule is O=CC(c1ccncc1Cl)C1(Cl)CC1. The molecule has 1 unspecified atom stereocenters. The van der Waals surface area contributed by atoms with Gasteiger partial charge in [-0.2, -0.15) is 0 Å². The van der Waals surface area contributed by atoms with Gasteiger partial charge in [-0.15, -0.1) is 11.6 Å². The van der Waals surface area contributed by atoms with Crippen LogP contribution in [0.2, 0.25) is 5.02 Å². The van der Waals surface area contributed by atoms with E-state index >= 15 is 0 Å². The topological polar surface area (TPSA) is 30.0 Å². The number of nitrogens with zero attached hydrogens (tertiary/aromatic N) is 1. The van der Waals surface area contributed by atoms with Crippen LogP contribution in [0.5, 0.6) is 0 Å². The molecule has 14 heavy (non-hydrogen) atoms. The Morgan fingerprint density at radius 1 is 1.57 bits per heavy atom. The van der Waals surface area contributed by atoms with Crippen LogP contribution in [-0.4, -0.2) is 16.1 Å². The molecule has 0 saturated heterocycles. The lowest BCUT2D eigenvalue weighted by Gasteiger charge is -2.16. The smallest absolute Gasteiger partial charge is 0.129 e. The summed E-state index contributed by atoms with van der Waals surface area (Å²) >= 11 is 12.2. The number of aromatic nitrogens is 1. The maximum Gasteiger partial charge on any atom is 0.129 e. The average molecular weight is 230 g/mol. The summed E-state index contributed by atoms with van der Waals surface area (Å²) in [6, 6.07) is 1.75. The highest BCUT2D eigenvalue weighted by Crippen LogP contribution is 2.53. The van der Waals surface area contributed by atoms with Crippen LogP contribution in [-0.2, 0) is 4.79 Å². The van der Waals surface area contributed by atoms with Crippen molar-refractivity contribution in [1.82, 2.24) is 4.98 Å². The highest BCUT2D eigenvalue weighted by Gasteiger charge is 2.48. The molecule has 1 heterocycles. The molecule has 0 radical (unpaired) electrons. The highest BCUT2D eigenvalue weighted by molar-refractivity contribution is 6.32. The number of carbonyl (C=O) groups excluding carboxylic acids is 1.